The van der Waals surface area contributed by atoms with E-state index in [0.29, 0.717) is 13.2 Å². The van der Waals surface area contributed by atoms with Gasteiger partial charge < -0.3 is 9.47 Å². The van der Waals surface area contributed by atoms with E-state index in [0.717, 1.165) is 41.9 Å². The van der Waals surface area contributed by atoms with Gasteiger partial charge in [0.1, 0.15) is 20.4 Å². The molecule has 0 unspecified atom stereocenters. The fourth-order valence-corrected chi connectivity index (χ4v) is 4.07. The fourth-order valence-electron chi connectivity index (χ4n) is 2.24. The number of hydrogen-bond donors (Lipinski definition) is 0. The van der Waals surface area contributed by atoms with Crippen molar-refractivity contribution in [1.82, 2.24) is 9.97 Å². The van der Waals surface area contributed by atoms with Gasteiger partial charge in [0, 0.05) is 0 Å². The molecule has 106 valence electrons. The van der Waals surface area contributed by atoms with Crippen molar-refractivity contribution in [1.29, 1.82) is 0 Å². The predicted molar refractivity (Wildman–Crippen MR) is 84.6 cm³/mol. The van der Waals surface area contributed by atoms with Crippen LogP contribution in [0.2, 0.25) is 0 Å². The monoisotopic (exact) mass is 308 g/mol. The third-order valence-electron chi connectivity index (χ3n) is 2.89. The molecule has 0 fully saturated rings. The van der Waals surface area contributed by atoms with Crippen LogP contribution in [-0.4, -0.2) is 23.2 Å². The lowest BCUT2D eigenvalue weighted by Gasteiger charge is -2.09. The number of thiazole rings is 2. The van der Waals surface area contributed by atoms with Crippen molar-refractivity contribution >= 4 is 43.1 Å². The quantitative estimate of drug-likeness (QED) is 0.720. The normalized spacial score (nSPS) is 11.4. The summed E-state index contributed by atoms with van der Waals surface area (Å²) in [5, 5.41) is 2.02. The van der Waals surface area contributed by atoms with Gasteiger partial charge in [0.25, 0.3) is 0 Å². The molecule has 20 heavy (non-hydrogen) atoms. The highest BCUT2D eigenvalue weighted by Gasteiger charge is 2.22. The lowest BCUT2D eigenvalue weighted by molar-refractivity contribution is 0.342. The maximum absolute atomic E-state index is 5.85. The van der Waals surface area contributed by atoms with Gasteiger partial charge in [0.15, 0.2) is 11.5 Å². The van der Waals surface area contributed by atoms with E-state index in [1.54, 1.807) is 22.7 Å². The minimum Gasteiger partial charge on any atom is -0.490 e. The third kappa shape index (κ3) is 2.03. The number of rotatable bonds is 4. The van der Waals surface area contributed by atoms with Crippen LogP contribution in [0.25, 0.3) is 20.4 Å². The van der Waals surface area contributed by atoms with E-state index in [4.69, 9.17) is 9.47 Å². The Morgan fingerprint density at radius 2 is 1.20 bits per heavy atom. The van der Waals surface area contributed by atoms with E-state index in [2.05, 4.69) is 9.97 Å². The maximum Gasteiger partial charge on any atom is 0.166 e. The molecular formula is C14H16N2O2S2. The van der Waals surface area contributed by atoms with Gasteiger partial charge in [0.05, 0.1) is 23.2 Å². The zero-order chi connectivity index (χ0) is 14.3. The van der Waals surface area contributed by atoms with Gasteiger partial charge in [-0.3, -0.25) is 0 Å². The lowest BCUT2D eigenvalue weighted by atomic mass is 10.2. The molecule has 3 aromatic rings. The largest absolute Gasteiger partial charge is 0.490 e. The minimum absolute atomic E-state index is 0.617. The zero-order valence-corrected chi connectivity index (χ0v) is 13.6. The lowest BCUT2D eigenvalue weighted by Crippen LogP contribution is -1.97. The first-order valence-corrected chi connectivity index (χ1v) is 8.24. The molecule has 0 aliphatic rings. The summed E-state index contributed by atoms with van der Waals surface area (Å²) in [4.78, 5) is 9.25. The van der Waals surface area contributed by atoms with E-state index >= 15 is 0 Å². The number of aryl methyl sites for hydroxylation is 2. The average molecular weight is 308 g/mol. The molecule has 0 aliphatic carbocycles. The number of benzene rings is 1. The van der Waals surface area contributed by atoms with E-state index < -0.39 is 0 Å². The van der Waals surface area contributed by atoms with Gasteiger partial charge in [-0.05, 0) is 27.7 Å². The molecule has 0 radical (unpaired) electrons. The van der Waals surface area contributed by atoms with Crippen molar-refractivity contribution < 1.29 is 9.47 Å². The number of hydrogen-bond acceptors (Lipinski definition) is 6. The van der Waals surface area contributed by atoms with E-state index in [1.807, 2.05) is 27.7 Å². The summed E-state index contributed by atoms with van der Waals surface area (Å²) >= 11 is 3.26. The number of ether oxygens (including phenoxy) is 2. The number of aromatic nitrogens is 2. The van der Waals surface area contributed by atoms with Crippen LogP contribution in [0.15, 0.2) is 0 Å². The summed E-state index contributed by atoms with van der Waals surface area (Å²) in [7, 11) is 0. The Morgan fingerprint density at radius 1 is 0.800 bits per heavy atom. The maximum atomic E-state index is 5.85. The van der Waals surface area contributed by atoms with Crippen molar-refractivity contribution in [3.8, 4) is 11.5 Å². The molecule has 2 heterocycles. The summed E-state index contributed by atoms with van der Waals surface area (Å²) in [5.41, 5.74) is 1.79. The summed E-state index contributed by atoms with van der Waals surface area (Å²) < 4.78 is 13.8. The second-order valence-corrected chi connectivity index (χ2v) is 6.75. The molecule has 0 saturated heterocycles. The molecule has 4 nitrogen and oxygen atoms in total. The van der Waals surface area contributed by atoms with Gasteiger partial charge in [-0.25, -0.2) is 9.97 Å². The Balaban J connectivity index is 2.45. The van der Waals surface area contributed by atoms with Crippen LogP contribution in [0.5, 0.6) is 11.5 Å². The van der Waals surface area contributed by atoms with Crippen LogP contribution in [-0.2, 0) is 0 Å². The Hall–Kier alpha value is -1.40. The molecule has 0 saturated carbocycles. The molecule has 0 amide bonds. The predicted octanol–water partition coefficient (Wildman–Crippen LogP) is 4.32. The van der Waals surface area contributed by atoms with E-state index in [-0.39, 0.29) is 0 Å². The van der Waals surface area contributed by atoms with Crippen molar-refractivity contribution in [3.63, 3.8) is 0 Å². The first-order valence-electron chi connectivity index (χ1n) is 6.61. The molecular weight excluding hydrogens is 292 g/mol. The molecule has 0 atom stereocenters. The number of fused-ring (bicyclic) bond motifs is 2. The van der Waals surface area contributed by atoms with Crippen LogP contribution >= 0.6 is 22.7 Å². The average Bonchev–Trinajstić information content (AvgIpc) is 2.96. The van der Waals surface area contributed by atoms with Crippen LogP contribution in [0.3, 0.4) is 0 Å². The molecule has 0 bridgehead atoms. The van der Waals surface area contributed by atoms with Crippen LogP contribution in [0, 0.1) is 13.8 Å². The minimum atomic E-state index is 0.617. The molecule has 3 rings (SSSR count). The molecule has 2 aromatic heterocycles. The highest BCUT2D eigenvalue weighted by atomic mass is 32.1. The van der Waals surface area contributed by atoms with Crippen molar-refractivity contribution in [2.45, 2.75) is 27.7 Å². The van der Waals surface area contributed by atoms with Gasteiger partial charge in [-0.15, -0.1) is 22.7 Å². The summed E-state index contributed by atoms with van der Waals surface area (Å²) in [6, 6.07) is 0. The highest BCUT2D eigenvalue weighted by molar-refractivity contribution is 7.20. The Morgan fingerprint density at radius 3 is 1.55 bits per heavy atom. The van der Waals surface area contributed by atoms with E-state index in [9.17, 15) is 0 Å². The topological polar surface area (TPSA) is 44.2 Å². The molecule has 0 aliphatic heterocycles. The molecule has 6 heteroatoms. The Labute approximate surface area is 125 Å². The van der Waals surface area contributed by atoms with E-state index in [1.165, 1.54) is 0 Å². The van der Waals surface area contributed by atoms with Crippen molar-refractivity contribution in [2.24, 2.45) is 0 Å². The standard InChI is InChI=1S/C14H16N2O2S2/c1-5-17-11-9-14(20-7(3)15-9)12(18-6-2)10-13(11)19-8(4)16-10/h5-6H2,1-4H3. The summed E-state index contributed by atoms with van der Waals surface area (Å²) in [6.07, 6.45) is 0. The molecule has 0 spiro atoms. The van der Waals surface area contributed by atoms with Crippen LogP contribution < -0.4 is 9.47 Å². The summed E-state index contributed by atoms with van der Waals surface area (Å²) in [5.74, 6) is 1.69. The van der Waals surface area contributed by atoms with Gasteiger partial charge in [-0.2, -0.15) is 0 Å². The Bertz CT molecular complexity index is 658. The van der Waals surface area contributed by atoms with Crippen LogP contribution in [0.4, 0.5) is 0 Å². The smallest absolute Gasteiger partial charge is 0.166 e. The first kappa shape index (κ1) is 13.6. The van der Waals surface area contributed by atoms with Gasteiger partial charge in [-0.1, -0.05) is 0 Å². The van der Waals surface area contributed by atoms with Crippen molar-refractivity contribution in [3.05, 3.63) is 10.0 Å². The van der Waals surface area contributed by atoms with Gasteiger partial charge >= 0.3 is 0 Å². The van der Waals surface area contributed by atoms with Crippen molar-refractivity contribution in [2.75, 3.05) is 13.2 Å². The molecule has 1 aromatic carbocycles. The summed E-state index contributed by atoms with van der Waals surface area (Å²) in [6.45, 7) is 9.21. The number of nitrogens with zero attached hydrogens (tertiary/aromatic N) is 2. The zero-order valence-electron chi connectivity index (χ0n) is 11.9. The first-order chi connectivity index (χ1) is 9.65. The second-order valence-electron chi connectivity index (χ2n) is 4.35. The Kier molecular flexibility index (Phi) is 3.52. The molecule has 0 N–H and O–H groups in total. The van der Waals surface area contributed by atoms with Gasteiger partial charge in [0.2, 0.25) is 0 Å². The SMILES string of the molecule is CCOc1c2nc(C)sc2c(OCC)c2nc(C)sc12. The fraction of sp³-hybridized carbons (Fsp3) is 0.429. The second kappa shape index (κ2) is 5.18. The van der Waals surface area contributed by atoms with Crippen LogP contribution in [0.1, 0.15) is 23.9 Å². The third-order valence-corrected chi connectivity index (χ3v) is 4.83. The highest BCUT2D eigenvalue weighted by Crippen LogP contribution is 2.46.